The molecular weight excluding hydrogens is 414 g/mol. The predicted octanol–water partition coefficient (Wildman–Crippen LogP) is 4.73. The topological polar surface area (TPSA) is 81.7 Å². The van der Waals surface area contributed by atoms with Crippen molar-refractivity contribution in [3.63, 3.8) is 0 Å². The van der Waals surface area contributed by atoms with E-state index in [9.17, 15) is 14.7 Å². The van der Waals surface area contributed by atoms with Crippen LogP contribution < -0.4 is 10.6 Å². The molecule has 0 aromatic rings. The number of hydrogen-bond acceptors (Lipinski definition) is 4. The SMILES string of the molecule is C=CCCCCCCC(=O)NCC(C)N(CC(C)O)C(C)CNC(=O)CCCCCCC=C. The molecule has 6 nitrogen and oxygen atoms in total. The van der Waals surface area contributed by atoms with Crippen molar-refractivity contribution in [1.82, 2.24) is 15.5 Å². The van der Waals surface area contributed by atoms with E-state index in [2.05, 4.69) is 42.5 Å². The number of allylic oxidation sites excluding steroid dienone is 2. The number of carbonyl (C=O) groups is 2. The summed E-state index contributed by atoms with van der Waals surface area (Å²) in [7, 11) is 0. The van der Waals surface area contributed by atoms with Gasteiger partial charge in [0.15, 0.2) is 0 Å². The molecule has 0 bridgehead atoms. The van der Waals surface area contributed by atoms with Gasteiger partial charge < -0.3 is 15.7 Å². The Labute approximate surface area is 203 Å². The minimum absolute atomic E-state index is 0.0629. The Kier molecular flexibility index (Phi) is 19.9. The van der Waals surface area contributed by atoms with Gasteiger partial charge >= 0.3 is 0 Å². The normalized spacial score (nSPS) is 13.8. The van der Waals surface area contributed by atoms with Gasteiger partial charge in [0.25, 0.3) is 0 Å². The summed E-state index contributed by atoms with van der Waals surface area (Å²) < 4.78 is 0. The zero-order valence-electron chi connectivity index (χ0n) is 21.6. The van der Waals surface area contributed by atoms with Crippen LogP contribution in [0.1, 0.15) is 97.8 Å². The maximum atomic E-state index is 12.2. The van der Waals surface area contributed by atoms with Crippen LogP contribution in [0.25, 0.3) is 0 Å². The van der Waals surface area contributed by atoms with E-state index in [4.69, 9.17) is 0 Å². The molecule has 192 valence electrons. The Morgan fingerprint density at radius 3 is 1.52 bits per heavy atom. The van der Waals surface area contributed by atoms with E-state index >= 15 is 0 Å². The summed E-state index contributed by atoms with van der Waals surface area (Å²) in [5.41, 5.74) is 0. The van der Waals surface area contributed by atoms with Crippen molar-refractivity contribution in [2.45, 2.75) is 116 Å². The molecule has 3 N–H and O–H groups in total. The van der Waals surface area contributed by atoms with Gasteiger partial charge in [0.1, 0.15) is 0 Å². The molecule has 0 aromatic carbocycles. The molecule has 0 radical (unpaired) electrons. The molecule has 0 saturated carbocycles. The Bertz CT molecular complexity index is 495. The second kappa shape index (κ2) is 20.9. The van der Waals surface area contributed by atoms with Gasteiger partial charge in [-0.2, -0.15) is 0 Å². The van der Waals surface area contributed by atoms with E-state index in [-0.39, 0.29) is 23.9 Å². The fourth-order valence-electron chi connectivity index (χ4n) is 3.89. The molecule has 0 spiro atoms. The lowest BCUT2D eigenvalue weighted by atomic mass is 10.1. The van der Waals surface area contributed by atoms with Crippen LogP contribution in [0.4, 0.5) is 0 Å². The van der Waals surface area contributed by atoms with Gasteiger partial charge in [-0.25, -0.2) is 0 Å². The molecule has 3 atom stereocenters. The van der Waals surface area contributed by atoms with Crippen molar-refractivity contribution in [1.29, 1.82) is 0 Å². The van der Waals surface area contributed by atoms with Crippen molar-refractivity contribution < 1.29 is 14.7 Å². The third-order valence-electron chi connectivity index (χ3n) is 5.92. The highest BCUT2D eigenvalue weighted by Crippen LogP contribution is 2.09. The first-order chi connectivity index (χ1) is 15.8. The molecule has 0 aliphatic heterocycles. The highest BCUT2D eigenvalue weighted by atomic mass is 16.3. The van der Waals surface area contributed by atoms with Crippen molar-refractivity contribution in [2.75, 3.05) is 19.6 Å². The number of nitrogens with one attached hydrogen (secondary N) is 2. The number of amides is 2. The van der Waals surface area contributed by atoms with E-state index in [1.807, 2.05) is 12.2 Å². The summed E-state index contributed by atoms with van der Waals surface area (Å²) >= 11 is 0. The fourth-order valence-corrected chi connectivity index (χ4v) is 3.89. The second-order valence-corrected chi connectivity index (χ2v) is 9.34. The van der Waals surface area contributed by atoms with Gasteiger partial charge in [-0.15, -0.1) is 13.2 Å². The first-order valence-electron chi connectivity index (χ1n) is 13.0. The summed E-state index contributed by atoms with van der Waals surface area (Å²) in [4.78, 5) is 26.5. The van der Waals surface area contributed by atoms with Gasteiger partial charge in [0.05, 0.1) is 6.10 Å². The highest BCUT2D eigenvalue weighted by Gasteiger charge is 2.22. The average Bonchev–Trinajstić information content (AvgIpc) is 2.78. The average molecular weight is 466 g/mol. The molecule has 0 aromatic heterocycles. The van der Waals surface area contributed by atoms with Crippen molar-refractivity contribution in [3.8, 4) is 0 Å². The summed E-state index contributed by atoms with van der Waals surface area (Å²) in [6, 6.07) is 0.126. The largest absolute Gasteiger partial charge is 0.392 e. The van der Waals surface area contributed by atoms with E-state index in [0.717, 1.165) is 64.2 Å². The lowest BCUT2D eigenvalue weighted by Crippen LogP contribution is -2.52. The number of nitrogens with zero attached hydrogens (tertiary/aromatic N) is 1. The maximum Gasteiger partial charge on any atom is 0.220 e. The summed E-state index contributed by atoms with van der Waals surface area (Å²) in [6.07, 6.45) is 15.1. The third-order valence-corrected chi connectivity index (χ3v) is 5.92. The molecule has 6 heteroatoms. The van der Waals surface area contributed by atoms with Gasteiger partial charge in [0, 0.05) is 44.6 Å². The number of carbonyl (C=O) groups excluding carboxylic acids is 2. The Morgan fingerprint density at radius 2 is 1.15 bits per heavy atom. The van der Waals surface area contributed by atoms with Crippen LogP contribution >= 0.6 is 0 Å². The Balaban J connectivity index is 4.29. The number of aliphatic hydroxyl groups is 1. The van der Waals surface area contributed by atoms with Crippen molar-refractivity contribution >= 4 is 11.8 Å². The molecule has 0 aliphatic carbocycles. The molecule has 33 heavy (non-hydrogen) atoms. The molecule has 0 aliphatic rings. The Morgan fingerprint density at radius 1 is 0.758 bits per heavy atom. The molecule has 0 rings (SSSR count). The fraction of sp³-hybridized carbons (Fsp3) is 0.778. The lowest BCUT2D eigenvalue weighted by molar-refractivity contribution is -0.121. The van der Waals surface area contributed by atoms with Crippen LogP contribution in [0.15, 0.2) is 25.3 Å². The molecule has 3 unspecified atom stereocenters. The minimum atomic E-state index is -0.479. The molecule has 0 fully saturated rings. The number of aliphatic hydroxyl groups excluding tert-OH is 1. The van der Waals surface area contributed by atoms with Gasteiger partial charge in [-0.1, -0.05) is 37.8 Å². The summed E-state index contributed by atoms with van der Waals surface area (Å²) in [5.74, 6) is 0.160. The zero-order valence-corrected chi connectivity index (χ0v) is 21.6. The first kappa shape index (κ1) is 31.3. The van der Waals surface area contributed by atoms with E-state index in [0.29, 0.717) is 32.5 Å². The lowest BCUT2D eigenvalue weighted by Gasteiger charge is -2.35. The van der Waals surface area contributed by atoms with E-state index < -0.39 is 6.10 Å². The predicted molar refractivity (Wildman–Crippen MR) is 139 cm³/mol. The van der Waals surface area contributed by atoms with Gasteiger partial charge in [0.2, 0.25) is 11.8 Å². The van der Waals surface area contributed by atoms with E-state index in [1.54, 1.807) is 6.92 Å². The third kappa shape index (κ3) is 18.5. The van der Waals surface area contributed by atoms with Crippen LogP contribution in [-0.2, 0) is 9.59 Å². The van der Waals surface area contributed by atoms with E-state index in [1.165, 1.54) is 0 Å². The van der Waals surface area contributed by atoms with Gasteiger partial charge in [-0.05, 0) is 59.3 Å². The first-order valence-corrected chi connectivity index (χ1v) is 13.0. The summed E-state index contributed by atoms with van der Waals surface area (Å²) in [6.45, 7) is 14.9. The highest BCUT2D eigenvalue weighted by molar-refractivity contribution is 5.76. The minimum Gasteiger partial charge on any atom is -0.392 e. The van der Waals surface area contributed by atoms with Crippen molar-refractivity contribution in [2.24, 2.45) is 0 Å². The smallest absolute Gasteiger partial charge is 0.220 e. The summed E-state index contributed by atoms with van der Waals surface area (Å²) in [5, 5.41) is 16.0. The molecular formula is C27H51N3O3. The maximum absolute atomic E-state index is 12.2. The Hall–Kier alpha value is -1.66. The van der Waals surface area contributed by atoms with Crippen LogP contribution in [0, 0.1) is 0 Å². The quantitative estimate of drug-likeness (QED) is 0.159. The number of unbranched alkanes of at least 4 members (excludes halogenated alkanes) is 8. The standard InChI is InChI=1S/C27H51N3O3/c1-6-8-10-12-14-16-18-26(32)28-20-23(3)30(22-25(5)31)24(4)21-29-27(33)19-17-15-13-11-9-7-2/h6-7,23-25,31H,1-2,8-22H2,3-5H3,(H,28,32)(H,29,33). The monoisotopic (exact) mass is 465 g/mol. The van der Waals surface area contributed by atoms with Crippen LogP contribution in [0.2, 0.25) is 0 Å². The number of hydrogen-bond donors (Lipinski definition) is 3. The second-order valence-electron chi connectivity index (χ2n) is 9.34. The van der Waals surface area contributed by atoms with Crippen LogP contribution in [0.5, 0.6) is 0 Å². The van der Waals surface area contributed by atoms with Crippen molar-refractivity contribution in [3.05, 3.63) is 25.3 Å². The molecule has 2 amide bonds. The van der Waals surface area contributed by atoms with Gasteiger partial charge in [-0.3, -0.25) is 14.5 Å². The zero-order chi connectivity index (χ0) is 24.9. The molecule has 0 heterocycles. The van der Waals surface area contributed by atoms with Crippen LogP contribution in [-0.4, -0.2) is 59.6 Å². The van der Waals surface area contributed by atoms with Crippen LogP contribution in [0.3, 0.4) is 0 Å². The molecule has 0 saturated heterocycles. The number of rotatable bonds is 22.